The Morgan fingerprint density at radius 2 is 1.68 bits per heavy atom. The third-order valence-corrected chi connectivity index (χ3v) is 5.41. The topological polar surface area (TPSA) is 89.8 Å². The molecule has 9 nitrogen and oxygen atoms in total. The molecular formula is C22H27N5O4. The Bertz CT molecular complexity index is 1140. The van der Waals surface area contributed by atoms with Crippen LogP contribution >= 0.6 is 0 Å². The van der Waals surface area contributed by atoms with Crippen molar-refractivity contribution in [3.05, 3.63) is 46.9 Å². The van der Waals surface area contributed by atoms with E-state index in [1.165, 1.54) is 0 Å². The van der Waals surface area contributed by atoms with Gasteiger partial charge < -0.3 is 25.0 Å². The number of morpholine rings is 1. The highest BCUT2D eigenvalue weighted by molar-refractivity contribution is 6.04. The van der Waals surface area contributed by atoms with Crippen molar-refractivity contribution in [2.75, 3.05) is 48.4 Å². The highest BCUT2D eigenvalue weighted by atomic mass is 16.5. The number of benzene rings is 2. The molecule has 2 heterocycles. The van der Waals surface area contributed by atoms with Crippen molar-refractivity contribution in [2.45, 2.75) is 6.92 Å². The van der Waals surface area contributed by atoms with Crippen molar-refractivity contribution in [2.24, 2.45) is 14.1 Å². The summed E-state index contributed by atoms with van der Waals surface area (Å²) in [6, 6.07) is 10.6. The predicted molar refractivity (Wildman–Crippen MR) is 121 cm³/mol. The highest BCUT2D eigenvalue weighted by Gasteiger charge is 2.20. The summed E-state index contributed by atoms with van der Waals surface area (Å²) in [4.78, 5) is 27.3. The lowest BCUT2D eigenvalue weighted by atomic mass is 10.2. The molecule has 0 atom stereocenters. The van der Waals surface area contributed by atoms with Gasteiger partial charge in [0.25, 0.3) is 0 Å². The first-order valence-electron chi connectivity index (χ1n) is 10.3. The monoisotopic (exact) mass is 425 g/mol. The molecule has 1 fully saturated rings. The standard InChI is InChI=1S/C22H27N5O4/c1-4-31-16-7-5-15(6-8-16)23-21(28)24-17-13-19-20(26(3)22(29)25(19)2)14-18(17)27-9-11-30-12-10-27/h5-8,13-14H,4,9-12H2,1-3H3,(H2,23,24,28). The molecule has 2 aromatic carbocycles. The zero-order valence-electron chi connectivity index (χ0n) is 18.0. The number of fused-ring (bicyclic) bond motifs is 1. The van der Waals surface area contributed by atoms with Crippen LogP contribution in [0.25, 0.3) is 11.0 Å². The second-order valence-corrected chi connectivity index (χ2v) is 7.39. The van der Waals surface area contributed by atoms with Gasteiger partial charge in [-0.1, -0.05) is 0 Å². The number of hydrogen-bond acceptors (Lipinski definition) is 5. The van der Waals surface area contributed by atoms with E-state index in [-0.39, 0.29) is 11.7 Å². The van der Waals surface area contributed by atoms with E-state index in [4.69, 9.17) is 9.47 Å². The van der Waals surface area contributed by atoms with Crippen LogP contribution in [0.5, 0.6) is 5.75 Å². The van der Waals surface area contributed by atoms with Gasteiger partial charge in [0.15, 0.2) is 0 Å². The number of nitrogens with zero attached hydrogens (tertiary/aromatic N) is 3. The summed E-state index contributed by atoms with van der Waals surface area (Å²) in [6.45, 7) is 5.16. The fraction of sp³-hybridized carbons (Fsp3) is 0.364. The van der Waals surface area contributed by atoms with Crippen molar-refractivity contribution in [1.82, 2.24) is 9.13 Å². The Labute approximate surface area is 180 Å². The van der Waals surface area contributed by atoms with Crippen LogP contribution in [0.4, 0.5) is 21.9 Å². The van der Waals surface area contributed by atoms with Crippen LogP contribution in [0.1, 0.15) is 6.92 Å². The number of rotatable bonds is 5. The molecule has 0 unspecified atom stereocenters. The third kappa shape index (κ3) is 4.22. The van der Waals surface area contributed by atoms with Crippen molar-refractivity contribution in [1.29, 1.82) is 0 Å². The first-order chi connectivity index (χ1) is 15.0. The van der Waals surface area contributed by atoms with Gasteiger partial charge in [-0.25, -0.2) is 9.59 Å². The first kappa shape index (κ1) is 20.8. The van der Waals surface area contributed by atoms with E-state index < -0.39 is 0 Å². The minimum absolute atomic E-state index is 0.112. The number of aryl methyl sites for hydroxylation is 2. The van der Waals surface area contributed by atoms with E-state index in [0.717, 1.165) is 22.5 Å². The molecule has 0 radical (unpaired) electrons. The van der Waals surface area contributed by atoms with Crippen molar-refractivity contribution < 1.29 is 14.3 Å². The molecule has 0 aliphatic carbocycles. The number of imidazole rings is 1. The number of aromatic nitrogens is 2. The highest BCUT2D eigenvalue weighted by Crippen LogP contribution is 2.32. The molecule has 1 aliphatic rings. The number of carbonyl (C=O) groups excluding carboxylic acids is 1. The Morgan fingerprint density at radius 3 is 2.32 bits per heavy atom. The van der Waals surface area contributed by atoms with E-state index in [0.29, 0.717) is 44.3 Å². The van der Waals surface area contributed by atoms with E-state index in [9.17, 15) is 9.59 Å². The molecule has 0 bridgehead atoms. The summed E-state index contributed by atoms with van der Waals surface area (Å²) in [5.74, 6) is 0.749. The fourth-order valence-electron chi connectivity index (χ4n) is 3.79. The minimum atomic E-state index is -0.362. The summed E-state index contributed by atoms with van der Waals surface area (Å²) < 4.78 is 14.1. The van der Waals surface area contributed by atoms with Gasteiger partial charge >= 0.3 is 11.7 Å². The van der Waals surface area contributed by atoms with Gasteiger partial charge in [-0.3, -0.25) is 9.13 Å². The van der Waals surface area contributed by atoms with Crippen LogP contribution in [-0.4, -0.2) is 48.1 Å². The average Bonchev–Trinajstić information content (AvgIpc) is 2.99. The number of amides is 2. The maximum Gasteiger partial charge on any atom is 0.328 e. The molecule has 1 aliphatic heterocycles. The normalized spacial score (nSPS) is 14.0. The molecule has 1 saturated heterocycles. The lowest BCUT2D eigenvalue weighted by Gasteiger charge is -2.30. The minimum Gasteiger partial charge on any atom is -0.494 e. The van der Waals surface area contributed by atoms with Crippen LogP contribution < -0.4 is 26.0 Å². The third-order valence-electron chi connectivity index (χ3n) is 5.41. The molecule has 3 aromatic rings. The molecule has 0 spiro atoms. The van der Waals surface area contributed by atoms with Crippen LogP contribution in [0, 0.1) is 0 Å². The largest absolute Gasteiger partial charge is 0.494 e. The molecule has 2 N–H and O–H groups in total. The molecular weight excluding hydrogens is 398 g/mol. The molecule has 31 heavy (non-hydrogen) atoms. The summed E-state index contributed by atoms with van der Waals surface area (Å²) in [6.07, 6.45) is 0. The second-order valence-electron chi connectivity index (χ2n) is 7.39. The smallest absolute Gasteiger partial charge is 0.328 e. The number of anilines is 3. The fourth-order valence-corrected chi connectivity index (χ4v) is 3.79. The lowest BCUT2D eigenvalue weighted by Crippen LogP contribution is -2.37. The Morgan fingerprint density at radius 1 is 1.03 bits per heavy atom. The Kier molecular flexibility index (Phi) is 5.85. The van der Waals surface area contributed by atoms with E-state index >= 15 is 0 Å². The van der Waals surface area contributed by atoms with Crippen molar-refractivity contribution in [3.63, 3.8) is 0 Å². The molecule has 9 heteroatoms. The number of hydrogen-bond donors (Lipinski definition) is 2. The molecule has 4 rings (SSSR count). The van der Waals surface area contributed by atoms with E-state index in [1.807, 2.05) is 31.2 Å². The van der Waals surface area contributed by atoms with Crippen molar-refractivity contribution >= 4 is 34.1 Å². The summed E-state index contributed by atoms with van der Waals surface area (Å²) in [5.41, 5.74) is 3.60. The van der Waals surface area contributed by atoms with Gasteiger partial charge in [-0.05, 0) is 43.3 Å². The van der Waals surface area contributed by atoms with Gasteiger partial charge in [0.1, 0.15) is 5.75 Å². The van der Waals surface area contributed by atoms with Gasteiger partial charge in [0.05, 0.1) is 42.2 Å². The number of urea groups is 1. The molecule has 0 saturated carbocycles. The number of carbonyl (C=O) groups is 1. The Hall–Kier alpha value is -3.46. The van der Waals surface area contributed by atoms with E-state index in [2.05, 4.69) is 15.5 Å². The quantitative estimate of drug-likeness (QED) is 0.656. The molecule has 164 valence electrons. The van der Waals surface area contributed by atoms with Crippen molar-refractivity contribution in [3.8, 4) is 5.75 Å². The van der Waals surface area contributed by atoms with Gasteiger partial charge in [-0.15, -0.1) is 0 Å². The summed E-state index contributed by atoms with van der Waals surface area (Å²) >= 11 is 0. The van der Waals surface area contributed by atoms with E-state index in [1.54, 1.807) is 35.4 Å². The zero-order valence-corrected chi connectivity index (χ0v) is 18.0. The van der Waals surface area contributed by atoms with Gasteiger partial charge in [0, 0.05) is 32.9 Å². The average molecular weight is 425 g/mol. The first-order valence-corrected chi connectivity index (χ1v) is 10.3. The van der Waals surface area contributed by atoms with Gasteiger partial charge in [0.2, 0.25) is 0 Å². The maximum absolute atomic E-state index is 12.8. The summed E-state index contributed by atoms with van der Waals surface area (Å²) in [5, 5.41) is 5.80. The van der Waals surface area contributed by atoms with Crippen LogP contribution in [0.3, 0.4) is 0 Å². The molecule has 1 aromatic heterocycles. The summed E-state index contributed by atoms with van der Waals surface area (Å²) in [7, 11) is 3.47. The van der Waals surface area contributed by atoms with Crippen LogP contribution in [0.2, 0.25) is 0 Å². The SMILES string of the molecule is CCOc1ccc(NC(=O)Nc2cc3c(cc2N2CCOCC2)n(C)c(=O)n3C)cc1. The van der Waals surface area contributed by atoms with Gasteiger partial charge in [-0.2, -0.15) is 0 Å². The zero-order chi connectivity index (χ0) is 22.0. The predicted octanol–water partition coefficient (Wildman–Crippen LogP) is 2.76. The number of nitrogens with one attached hydrogen (secondary N) is 2. The van der Waals surface area contributed by atoms with Crippen LogP contribution in [-0.2, 0) is 18.8 Å². The Balaban J connectivity index is 1.63. The van der Waals surface area contributed by atoms with Crippen LogP contribution in [0.15, 0.2) is 41.2 Å². The lowest BCUT2D eigenvalue weighted by molar-refractivity contribution is 0.123. The number of ether oxygens (including phenoxy) is 2. The second kappa shape index (κ2) is 8.73. The maximum atomic E-state index is 12.8. The molecule has 2 amide bonds.